The number of thiophene rings is 1. The Balaban J connectivity index is 1.50. The predicted molar refractivity (Wildman–Crippen MR) is 107 cm³/mol. The summed E-state index contributed by atoms with van der Waals surface area (Å²) in [7, 11) is 0. The third-order valence-electron chi connectivity index (χ3n) is 4.20. The lowest BCUT2D eigenvalue weighted by Crippen LogP contribution is -2.87. The molecule has 1 atom stereocenters. The second-order valence-corrected chi connectivity index (χ2v) is 7.28. The topological polar surface area (TPSA) is 74.8 Å². The Labute approximate surface area is 170 Å². The van der Waals surface area contributed by atoms with E-state index in [1.807, 2.05) is 53.2 Å². The van der Waals surface area contributed by atoms with E-state index in [0.717, 1.165) is 22.6 Å². The SMILES string of the molecule is O=C(C[NH2+][C@@H](c1ccccc1)c1cccs1)NCC(=O)Nc1ccc(F)c(F)c1. The molecule has 0 aliphatic carbocycles. The van der Waals surface area contributed by atoms with Crippen LogP contribution in [-0.2, 0) is 9.59 Å². The summed E-state index contributed by atoms with van der Waals surface area (Å²) in [5.41, 5.74) is 1.20. The Hall–Kier alpha value is -3.10. The van der Waals surface area contributed by atoms with Crippen molar-refractivity contribution in [3.8, 4) is 0 Å². The molecule has 5 nitrogen and oxygen atoms in total. The first-order valence-corrected chi connectivity index (χ1v) is 9.84. The fourth-order valence-electron chi connectivity index (χ4n) is 2.80. The summed E-state index contributed by atoms with van der Waals surface area (Å²) < 4.78 is 26.1. The van der Waals surface area contributed by atoms with Crippen molar-refractivity contribution in [3.63, 3.8) is 0 Å². The van der Waals surface area contributed by atoms with E-state index >= 15 is 0 Å². The van der Waals surface area contributed by atoms with Crippen molar-refractivity contribution >= 4 is 28.8 Å². The van der Waals surface area contributed by atoms with Crippen LogP contribution in [0, 0.1) is 11.6 Å². The summed E-state index contributed by atoms with van der Waals surface area (Å²) in [4.78, 5) is 25.2. The molecule has 29 heavy (non-hydrogen) atoms. The van der Waals surface area contributed by atoms with Gasteiger partial charge in [-0.25, -0.2) is 8.78 Å². The molecule has 3 rings (SSSR count). The minimum Gasteiger partial charge on any atom is -0.342 e. The second-order valence-electron chi connectivity index (χ2n) is 6.30. The number of carbonyl (C=O) groups is 2. The molecule has 8 heteroatoms. The monoisotopic (exact) mass is 416 g/mol. The molecular weight excluding hydrogens is 396 g/mol. The Kier molecular flexibility index (Phi) is 7.04. The first-order valence-electron chi connectivity index (χ1n) is 8.96. The van der Waals surface area contributed by atoms with Crippen molar-refractivity contribution in [1.29, 1.82) is 0 Å². The minimum atomic E-state index is -1.05. The van der Waals surface area contributed by atoms with Crippen molar-refractivity contribution in [2.75, 3.05) is 18.4 Å². The highest BCUT2D eigenvalue weighted by atomic mass is 32.1. The van der Waals surface area contributed by atoms with Crippen molar-refractivity contribution in [1.82, 2.24) is 5.32 Å². The van der Waals surface area contributed by atoms with Gasteiger partial charge in [0.1, 0.15) is 6.04 Å². The van der Waals surface area contributed by atoms with Crippen LogP contribution in [0.25, 0.3) is 0 Å². The highest BCUT2D eigenvalue weighted by molar-refractivity contribution is 7.10. The lowest BCUT2D eigenvalue weighted by atomic mass is 10.1. The van der Waals surface area contributed by atoms with E-state index in [2.05, 4.69) is 10.6 Å². The molecule has 0 aliphatic heterocycles. The largest absolute Gasteiger partial charge is 0.342 e. The maximum absolute atomic E-state index is 13.2. The van der Waals surface area contributed by atoms with Crippen LogP contribution in [0.2, 0.25) is 0 Å². The average molecular weight is 416 g/mol. The molecule has 0 bridgehead atoms. The quantitative estimate of drug-likeness (QED) is 0.528. The van der Waals surface area contributed by atoms with Crippen molar-refractivity contribution in [2.45, 2.75) is 6.04 Å². The molecule has 0 unspecified atom stereocenters. The summed E-state index contributed by atoms with van der Waals surface area (Å²) in [6.07, 6.45) is 0. The lowest BCUT2D eigenvalue weighted by molar-refractivity contribution is -0.676. The van der Waals surface area contributed by atoms with E-state index in [4.69, 9.17) is 0 Å². The molecule has 0 spiro atoms. The number of carbonyl (C=O) groups excluding carboxylic acids is 2. The maximum Gasteiger partial charge on any atom is 0.275 e. The van der Waals surface area contributed by atoms with Gasteiger partial charge >= 0.3 is 0 Å². The Bertz CT molecular complexity index is 965. The molecular formula is C21H20F2N3O2S+. The van der Waals surface area contributed by atoms with Crippen LogP contribution in [0.5, 0.6) is 0 Å². The molecule has 2 amide bonds. The van der Waals surface area contributed by atoms with Gasteiger partial charge in [0.25, 0.3) is 5.91 Å². The number of benzene rings is 2. The van der Waals surface area contributed by atoms with Gasteiger partial charge in [0.05, 0.1) is 11.4 Å². The number of nitrogens with two attached hydrogens (primary N) is 1. The van der Waals surface area contributed by atoms with Gasteiger partial charge in [-0.05, 0) is 23.6 Å². The number of hydrogen-bond donors (Lipinski definition) is 3. The summed E-state index contributed by atoms with van der Waals surface area (Å²) in [5, 5.41) is 8.84. The third-order valence-corrected chi connectivity index (χ3v) is 5.15. The Morgan fingerprint density at radius 3 is 2.45 bits per heavy atom. The predicted octanol–water partition coefficient (Wildman–Crippen LogP) is 2.43. The van der Waals surface area contributed by atoms with Crippen LogP contribution in [-0.4, -0.2) is 24.9 Å². The zero-order chi connectivity index (χ0) is 20.6. The summed E-state index contributed by atoms with van der Waals surface area (Å²) in [5.74, 6) is -2.88. The van der Waals surface area contributed by atoms with Crippen LogP contribution in [0.3, 0.4) is 0 Å². The molecule has 150 valence electrons. The van der Waals surface area contributed by atoms with E-state index < -0.39 is 17.5 Å². The van der Waals surface area contributed by atoms with Gasteiger partial charge in [-0.1, -0.05) is 36.4 Å². The number of quaternary nitrogens is 1. The molecule has 0 saturated carbocycles. The zero-order valence-electron chi connectivity index (χ0n) is 15.4. The second kappa shape index (κ2) is 9.90. The molecule has 0 saturated heterocycles. The number of rotatable bonds is 8. The van der Waals surface area contributed by atoms with Crippen LogP contribution in [0.15, 0.2) is 66.0 Å². The molecule has 0 fully saturated rings. The number of nitrogens with one attached hydrogen (secondary N) is 2. The number of halogens is 2. The summed E-state index contributed by atoms with van der Waals surface area (Å²) >= 11 is 1.61. The highest BCUT2D eigenvalue weighted by Gasteiger charge is 2.20. The van der Waals surface area contributed by atoms with E-state index in [9.17, 15) is 18.4 Å². The molecule has 1 heterocycles. The van der Waals surface area contributed by atoms with E-state index in [1.165, 1.54) is 6.07 Å². The van der Waals surface area contributed by atoms with E-state index in [-0.39, 0.29) is 30.7 Å². The first-order chi connectivity index (χ1) is 14.0. The number of amides is 2. The van der Waals surface area contributed by atoms with E-state index in [1.54, 1.807) is 11.3 Å². The van der Waals surface area contributed by atoms with Gasteiger partial charge in [0, 0.05) is 17.3 Å². The van der Waals surface area contributed by atoms with Gasteiger partial charge in [0.15, 0.2) is 18.2 Å². The van der Waals surface area contributed by atoms with Crippen LogP contribution < -0.4 is 16.0 Å². The summed E-state index contributed by atoms with van der Waals surface area (Å²) in [6.45, 7) is -0.128. The Morgan fingerprint density at radius 2 is 1.76 bits per heavy atom. The summed E-state index contributed by atoms with van der Waals surface area (Å²) in [6, 6.07) is 16.9. The van der Waals surface area contributed by atoms with Gasteiger partial charge in [-0.3, -0.25) is 9.59 Å². The normalized spacial score (nSPS) is 11.7. The first kappa shape index (κ1) is 20.6. The minimum absolute atomic E-state index is 0.0158. The lowest BCUT2D eigenvalue weighted by Gasteiger charge is -2.14. The van der Waals surface area contributed by atoms with Crippen LogP contribution in [0.4, 0.5) is 14.5 Å². The molecule has 3 aromatic rings. The van der Waals surface area contributed by atoms with E-state index in [0.29, 0.717) is 0 Å². The van der Waals surface area contributed by atoms with Crippen LogP contribution in [0.1, 0.15) is 16.5 Å². The molecule has 1 aromatic heterocycles. The maximum atomic E-state index is 13.2. The fraction of sp³-hybridized carbons (Fsp3) is 0.143. The van der Waals surface area contributed by atoms with Crippen LogP contribution >= 0.6 is 11.3 Å². The molecule has 0 aliphatic rings. The molecule has 0 radical (unpaired) electrons. The Morgan fingerprint density at radius 1 is 0.966 bits per heavy atom. The van der Waals surface area contributed by atoms with Crippen molar-refractivity contribution < 1.29 is 23.7 Å². The smallest absolute Gasteiger partial charge is 0.275 e. The van der Waals surface area contributed by atoms with Crippen molar-refractivity contribution in [3.05, 3.63) is 88.1 Å². The van der Waals surface area contributed by atoms with Gasteiger partial charge in [-0.15, -0.1) is 11.3 Å². The van der Waals surface area contributed by atoms with Crippen molar-refractivity contribution in [2.24, 2.45) is 0 Å². The number of hydrogen-bond acceptors (Lipinski definition) is 3. The number of anilines is 1. The van der Waals surface area contributed by atoms with Gasteiger partial charge in [0.2, 0.25) is 5.91 Å². The zero-order valence-corrected chi connectivity index (χ0v) is 16.2. The third kappa shape index (κ3) is 5.94. The highest BCUT2D eigenvalue weighted by Crippen LogP contribution is 2.22. The fourth-order valence-corrected chi connectivity index (χ4v) is 3.65. The van der Waals surface area contributed by atoms with Gasteiger partial charge < -0.3 is 16.0 Å². The average Bonchev–Trinajstić information content (AvgIpc) is 3.25. The molecule has 4 N–H and O–H groups in total. The van der Waals surface area contributed by atoms with Gasteiger partial charge in [-0.2, -0.15) is 0 Å². The standard InChI is InChI=1S/C21H19F2N3O2S/c22-16-9-8-15(11-17(16)23)26-20(28)13-24-19(27)12-25-21(18-7-4-10-29-18)14-5-2-1-3-6-14/h1-11,21,25H,12-13H2,(H,24,27)(H,26,28)/p+1/t21-/m0/s1. The molecule has 2 aromatic carbocycles.